The number of hydrogen-bond donors (Lipinski definition) is 2. The zero-order valence-electron chi connectivity index (χ0n) is 20.5. The number of pyridine rings is 1. The van der Waals surface area contributed by atoms with Crippen LogP contribution in [0.15, 0.2) is 47.6 Å². The number of nitrogens with one attached hydrogen (secondary N) is 2. The van der Waals surface area contributed by atoms with E-state index in [9.17, 15) is 17.6 Å². The van der Waals surface area contributed by atoms with Crippen molar-refractivity contribution in [2.75, 3.05) is 18.1 Å². The maximum absolute atomic E-state index is 14.4. The Labute approximate surface area is 210 Å². The van der Waals surface area contributed by atoms with E-state index in [1.165, 1.54) is 30.5 Å². The third-order valence-electron chi connectivity index (χ3n) is 5.98. The summed E-state index contributed by atoms with van der Waals surface area (Å²) in [7, 11) is -4.14. The molecule has 0 saturated carbocycles. The Hall–Kier alpha value is -3.47. The molecule has 4 rings (SSSR count). The molecule has 0 spiro atoms. The molecule has 0 bridgehead atoms. The molecule has 2 aromatic heterocycles. The van der Waals surface area contributed by atoms with Crippen LogP contribution in [0.2, 0.25) is 0 Å². The van der Waals surface area contributed by atoms with E-state index in [-0.39, 0.29) is 22.5 Å². The highest BCUT2D eigenvalue weighted by Crippen LogP contribution is 2.32. The van der Waals surface area contributed by atoms with Crippen LogP contribution in [-0.4, -0.2) is 48.7 Å². The zero-order valence-corrected chi connectivity index (χ0v) is 21.3. The summed E-state index contributed by atoms with van der Waals surface area (Å²) in [6.45, 7) is 7.18. The smallest absolute Gasteiger partial charge is 0.281 e. The van der Waals surface area contributed by atoms with Gasteiger partial charge in [-0.15, -0.1) is 0 Å². The van der Waals surface area contributed by atoms with Gasteiger partial charge in [0, 0.05) is 24.2 Å². The standard InChI is InChI=1S/C25H30FN5O4S/c1-4-19-6-5-11-31(19)24-21(25(32)30-36(33,34)23-9-10-27-29-23)7-8-22(28-24)17-12-18(26)14-20(13-17)35-15-16(2)3/h7-10,12-14,16,19H,4-6,11,15H2,1-3H3,(H,27,29)(H,30,32)/t19-/m1/s1. The first-order chi connectivity index (χ1) is 17.2. The van der Waals surface area contributed by atoms with Crippen molar-refractivity contribution in [1.29, 1.82) is 0 Å². The van der Waals surface area contributed by atoms with E-state index >= 15 is 0 Å². The van der Waals surface area contributed by atoms with Gasteiger partial charge in [0.1, 0.15) is 17.4 Å². The Bertz CT molecular complexity index is 1330. The number of benzene rings is 1. The summed E-state index contributed by atoms with van der Waals surface area (Å²) in [4.78, 5) is 19.9. The van der Waals surface area contributed by atoms with Crippen LogP contribution in [-0.2, 0) is 10.0 Å². The SMILES string of the molecule is CC[C@@H]1CCCN1c1nc(-c2cc(F)cc(OCC(C)C)c2)ccc1C(=O)NS(=O)(=O)c1ccn[nH]1. The molecule has 3 aromatic rings. The summed E-state index contributed by atoms with van der Waals surface area (Å²) in [6, 6.07) is 8.91. The van der Waals surface area contributed by atoms with Gasteiger partial charge in [0.15, 0.2) is 5.03 Å². The van der Waals surface area contributed by atoms with E-state index in [0.29, 0.717) is 36.0 Å². The number of aromatic nitrogens is 3. The molecule has 11 heteroatoms. The largest absolute Gasteiger partial charge is 0.493 e. The number of rotatable bonds is 9. The highest BCUT2D eigenvalue weighted by atomic mass is 32.2. The number of hydrogen-bond acceptors (Lipinski definition) is 7. The third-order valence-corrected chi connectivity index (χ3v) is 7.24. The molecule has 1 aliphatic rings. The van der Waals surface area contributed by atoms with Crippen LogP contribution < -0.4 is 14.4 Å². The van der Waals surface area contributed by atoms with Crippen LogP contribution >= 0.6 is 0 Å². The average Bonchev–Trinajstić information content (AvgIpc) is 3.54. The van der Waals surface area contributed by atoms with Gasteiger partial charge in [-0.25, -0.2) is 14.1 Å². The second kappa shape index (κ2) is 10.7. The van der Waals surface area contributed by atoms with Crippen molar-refractivity contribution in [3.63, 3.8) is 0 Å². The molecule has 1 fully saturated rings. The van der Waals surface area contributed by atoms with Crippen molar-refractivity contribution >= 4 is 21.7 Å². The molecule has 2 N–H and O–H groups in total. The number of nitrogens with zero attached hydrogens (tertiary/aromatic N) is 3. The van der Waals surface area contributed by atoms with Crippen LogP contribution in [0.25, 0.3) is 11.3 Å². The lowest BCUT2D eigenvalue weighted by Gasteiger charge is -2.27. The molecule has 1 atom stereocenters. The fourth-order valence-corrected chi connectivity index (χ4v) is 5.10. The number of H-pyrrole nitrogens is 1. The van der Waals surface area contributed by atoms with Crippen molar-refractivity contribution in [3.05, 3.63) is 54.0 Å². The number of anilines is 1. The van der Waals surface area contributed by atoms with Crippen molar-refractivity contribution in [2.24, 2.45) is 5.92 Å². The molecular weight excluding hydrogens is 485 g/mol. The van der Waals surface area contributed by atoms with Crippen LogP contribution in [0.5, 0.6) is 5.75 Å². The number of amides is 1. The highest BCUT2D eigenvalue weighted by molar-refractivity contribution is 7.90. The normalized spacial score (nSPS) is 15.9. The van der Waals surface area contributed by atoms with Gasteiger partial charge in [-0.2, -0.15) is 13.5 Å². The minimum atomic E-state index is -4.14. The predicted octanol–water partition coefficient (Wildman–Crippen LogP) is 4.14. The van der Waals surface area contributed by atoms with Gasteiger partial charge >= 0.3 is 0 Å². The summed E-state index contributed by atoms with van der Waals surface area (Å²) in [5.74, 6) is -0.237. The summed E-state index contributed by atoms with van der Waals surface area (Å²) in [5.41, 5.74) is 1.07. The number of aromatic amines is 1. The first-order valence-electron chi connectivity index (χ1n) is 12.0. The minimum Gasteiger partial charge on any atom is -0.493 e. The number of sulfonamides is 1. The molecule has 0 radical (unpaired) electrons. The molecule has 1 amide bonds. The Morgan fingerprint density at radius 2 is 2.08 bits per heavy atom. The van der Waals surface area contributed by atoms with Gasteiger partial charge in [0.25, 0.3) is 15.9 Å². The summed E-state index contributed by atoms with van der Waals surface area (Å²) in [6.07, 6.45) is 3.98. The fourth-order valence-electron chi connectivity index (χ4n) is 4.23. The van der Waals surface area contributed by atoms with Gasteiger partial charge in [-0.3, -0.25) is 9.89 Å². The maximum Gasteiger partial charge on any atom is 0.281 e. The van der Waals surface area contributed by atoms with E-state index in [0.717, 1.165) is 19.3 Å². The van der Waals surface area contributed by atoms with Crippen LogP contribution in [0.4, 0.5) is 10.2 Å². The molecule has 9 nitrogen and oxygen atoms in total. The fraction of sp³-hybridized carbons (Fsp3) is 0.400. The second-order valence-corrected chi connectivity index (χ2v) is 10.9. The summed E-state index contributed by atoms with van der Waals surface area (Å²) >= 11 is 0. The van der Waals surface area contributed by atoms with Crippen molar-refractivity contribution in [1.82, 2.24) is 19.9 Å². The Morgan fingerprint density at radius 1 is 1.28 bits per heavy atom. The van der Waals surface area contributed by atoms with E-state index < -0.39 is 21.7 Å². The number of carbonyl (C=O) groups is 1. The van der Waals surface area contributed by atoms with Crippen LogP contribution in [0.3, 0.4) is 0 Å². The van der Waals surface area contributed by atoms with Crippen molar-refractivity contribution in [2.45, 2.75) is 51.1 Å². The molecule has 1 aromatic carbocycles. The topological polar surface area (TPSA) is 117 Å². The average molecular weight is 516 g/mol. The Morgan fingerprint density at radius 3 is 2.78 bits per heavy atom. The van der Waals surface area contributed by atoms with Crippen molar-refractivity contribution in [3.8, 4) is 17.0 Å². The van der Waals surface area contributed by atoms with Gasteiger partial charge in [0.2, 0.25) is 0 Å². The van der Waals surface area contributed by atoms with Gasteiger partial charge in [0.05, 0.1) is 24.1 Å². The zero-order chi connectivity index (χ0) is 25.9. The second-order valence-electron chi connectivity index (χ2n) is 9.20. The molecule has 36 heavy (non-hydrogen) atoms. The molecule has 1 aliphatic heterocycles. The molecular formula is C25H30FN5O4S. The van der Waals surface area contributed by atoms with Gasteiger partial charge < -0.3 is 9.64 Å². The highest BCUT2D eigenvalue weighted by Gasteiger charge is 2.30. The lowest BCUT2D eigenvalue weighted by Crippen LogP contribution is -2.35. The van der Waals surface area contributed by atoms with Gasteiger partial charge in [-0.1, -0.05) is 20.8 Å². The lowest BCUT2D eigenvalue weighted by atomic mass is 10.1. The predicted molar refractivity (Wildman–Crippen MR) is 134 cm³/mol. The summed E-state index contributed by atoms with van der Waals surface area (Å²) in [5, 5.41) is 5.77. The molecule has 3 heterocycles. The van der Waals surface area contributed by atoms with E-state index in [2.05, 4.69) is 21.8 Å². The number of ether oxygens (including phenoxy) is 1. The van der Waals surface area contributed by atoms with Crippen LogP contribution in [0, 0.1) is 11.7 Å². The number of halogens is 1. The Balaban J connectivity index is 1.73. The van der Waals surface area contributed by atoms with Crippen LogP contribution in [0.1, 0.15) is 50.4 Å². The van der Waals surface area contributed by atoms with E-state index in [1.54, 1.807) is 12.1 Å². The quantitative estimate of drug-likeness (QED) is 0.440. The summed E-state index contributed by atoms with van der Waals surface area (Å²) < 4.78 is 47.4. The van der Waals surface area contributed by atoms with E-state index in [4.69, 9.17) is 9.72 Å². The lowest BCUT2D eigenvalue weighted by molar-refractivity contribution is 0.0981. The van der Waals surface area contributed by atoms with E-state index in [1.807, 2.05) is 18.7 Å². The minimum absolute atomic E-state index is 0.120. The first kappa shape index (κ1) is 25.6. The third kappa shape index (κ3) is 5.67. The molecule has 0 unspecified atom stereocenters. The molecule has 192 valence electrons. The molecule has 1 saturated heterocycles. The first-order valence-corrected chi connectivity index (χ1v) is 13.4. The van der Waals surface area contributed by atoms with Crippen molar-refractivity contribution < 1.29 is 22.3 Å². The monoisotopic (exact) mass is 515 g/mol. The van der Waals surface area contributed by atoms with Gasteiger partial charge in [-0.05, 0) is 55.5 Å². The molecule has 0 aliphatic carbocycles. The maximum atomic E-state index is 14.4. The Kier molecular flexibility index (Phi) is 7.58. The number of carbonyl (C=O) groups excluding carboxylic acids is 1.